The Balaban J connectivity index is 0.00000141. The number of hydrogen-bond acceptors (Lipinski definition) is 5. The van der Waals surface area contributed by atoms with Crippen molar-refractivity contribution in [3.8, 4) is 0 Å². The van der Waals surface area contributed by atoms with Crippen molar-refractivity contribution >= 4 is 18.3 Å². The first-order chi connectivity index (χ1) is 14.0. The second-order valence-electron chi connectivity index (χ2n) is 6.52. The highest BCUT2D eigenvalue weighted by molar-refractivity contribution is 5.91. The van der Waals surface area contributed by atoms with Gasteiger partial charge in [0.05, 0.1) is 18.1 Å². The van der Waals surface area contributed by atoms with E-state index in [4.69, 9.17) is 14.6 Å². The molecule has 0 bridgehead atoms. The van der Waals surface area contributed by atoms with E-state index in [0.29, 0.717) is 11.1 Å². The van der Waals surface area contributed by atoms with E-state index in [9.17, 15) is 22.8 Å². The van der Waals surface area contributed by atoms with Gasteiger partial charge >= 0.3 is 12.1 Å². The minimum absolute atomic E-state index is 0.250. The lowest BCUT2D eigenvalue weighted by atomic mass is 9.83. The molecule has 1 aromatic heterocycles. The van der Waals surface area contributed by atoms with Gasteiger partial charge in [-0.05, 0) is 49.2 Å². The molecule has 1 heterocycles. The molecule has 0 fully saturated rings. The van der Waals surface area contributed by atoms with E-state index in [1.54, 1.807) is 26.0 Å². The number of nitrogens with zero attached hydrogens (tertiary/aromatic N) is 1. The molecule has 2 aromatic rings. The minimum Gasteiger partial charge on any atom is -0.483 e. The zero-order valence-electron chi connectivity index (χ0n) is 16.4. The molecule has 30 heavy (non-hydrogen) atoms. The minimum atomic E-state index is -4.46. The molecule has 2 rings (SSSR count). The highest BCUT2D eigenvalue weighted by atomic mass is 19.4. The molecule has 0 aliphatic heterocycles. The molecule has 1 amide bonds. The van der Waals surface area contributed by atoms with Gasteiger partial charge in [0.2, 0.25) is 5.91 Å². The summed E-state index contributed by atoms with van der Waals surface area (Å²) in [5, 5.41) is 9.49. The number of nitrogens with one attached hydrogen (secondary N) is 1. The van der Waals surface area contributed by atoms with Crippen LogP contribution in [0.2, 0.25) is 0 Å². The Hall–Kier alpha value is -3.43. The second-order valence-corrected chi connectivity index (χ2v) is 6.52. The van der Waals surface area contributed by atoms with E-state index in [1.165, 1.54) is 31.6 Å². The molecule has 1 aromatic carbocycles. The molecule has 0 aliphatic carbocycles. The number of esters is 1. The lowest BCUT2D eigenvalue weighted by Crippen LogP contribution is -2.44. The van der Waals surface area contributed by atoms with Gasteiger partial charge < -0.3 is 15.2 Å². The van der Waals surface area contributed by atoms with Crippen molar-refractivity contribution < 1.29 is 37.4 Å². The van der Waals surface area contributed by atoms with Crippen molar-refractivity contribution in [3.63, 3.8) is 0 Å². The molecule has 7 nitrogen and oxygen atoms in total. The lowest BCUT2D eigenvalue weighted by Gasteiger charge is -2.27. The maximum absolute atomic E-state index is 12.8. The molecule has 1 unspecified atom stereocenters. The van der Waals surface area contributed by atoms with Gasteiger partial charge in [-0.1, -0.05) is 12.1 Å². The molecule has 0 aliphatic rings. The smallest absolute Gasteiger partial charge is 0.416 e. The quantitative estimate of drug-likeness (QED) is 0.562. The Morgan fingerprint density at radius 2 is 1.53 bits per heavy atom. The molecule has 0 radical (unpaired) electrons. The first-order valence-corrected chi connectivity index (χ1v) is 8.53. The third-order valence-corrected chi connectivity index (χ3v) is 4.25. The van der Waals surface area contributed by atoms with Crippen molar-refractivity contribution in [1.82, 2.24) is 10.3 Å². The molecule has 0 saturated carbocycles. The van der Waals surface area contributed by atoms with E-state index in [-0.39, 0.29) is 6.47 Å². The average Bonchev–Trinajstić information content (AvgIpc) is 2.72. The predicted molar refractivity (Wildman–Crippen MR) is 100 cm³/mol. The number of ether oxygens (including phenoxy) is 1. The topological polar surface area (TPSA) is 106 Å². The summed E-state index contributed by atoms with van der Waals surface area (Å²) >= 11 is 0. The zero-order chi connectivity index (χ0) is 22.9. The fourth-order valence-electron chi connectivity index (χ4n) is 2.47. The van der Waals surface area contributed by atoms with Crippen LogP contribution in [0.15, 0.2) is 48.8 Å². The molecule has 1 atom stereocenters. The first kappa shape index (κ1) is 24.6. The molecule has 0 saturated heterocycles. The molecule has 2 N–H and O–H groups in total. The SMILES string of the molecule is COC(=O)C(NC(=O)C(C)(C)c1ccc(C(F)(F)F)cc1)c1ccncc1.O=CO. The standard InChI is InChI=1S/C19H19F3N2O3.CH2O2/c1-18(2,13-4-6-14(7-5-13)19(20,21)22)17(26)24-15(16(25)27-3)12-8-10-23-11-9-12;2-1-3/h4-11,15H,1-3H3,(H,24,26);1H,(H,2,3). The number of hydrogen-bond donors (Lipinski definition) is 2. The highest BCUT2D eigenvalue weighted by Gasteiger charge is 2.35. The van der Waals surface area contributed by atoms with Crippen LogP contribution in [0.5, 0.6) is 0 Å². The third-order valence-electron chi connectivity index (χ3n) is 4.25. The van der Waals surface area contributed by atoms with Gasteiger partial charge in [-0.25, -0.2) is 4.79 Å². The van der Waals surface area contributed by atoms with Gasteiger partial charge in [0, 0.05) is 12.4 Å². The van der Waals surface area contributed by atoms with Crippen LogP contribution in [-0.4, -0.2) is 35.5 Å². The summed E-state index contributed by atoms with van der Waals surface area (Å²) < 4.78 is 42.9. The van der Waals surface area contributed by atoms with Gasteiger partial charge in [0.1, 0.15) is 0 Å². The monoisotopic (exact) mass is 426 g/mol. The van der Waals surface area contributed by atoms with Crippen LogP contribution >= 0.6 is 0 Å². The maximum Gasteiger partial charge on any atom is 0.416 e. The number of benzene rings is 1. The summed E-state index contributed by atoms with van der Waals surface area (Å²) in [6.07, 6.45) is -1.51. The summed E-state index contributed by atoms with van der Waals surface area (Å²) in [6, 6.07) is 6.42. The third kappa shape index (κ3) is 6.29. The average molecular weight is 426 g/mol. The van der Waals surface area contributed by atoms with Crippen LogP contribution in [-0.2, 0) is 30.7 Å². The normalized spacial score (nSPS) is 12.1. The molecule has 10 heteroatoms. The number of halogens is 3. The van der Waals surface area contributed by atoms with Gasteiger partial charge in [-0.2, -0.15) is 13.2 Å². The van der Waals surface area contributed by atoms with Crippen LogP contribution in [0.4, 0.5) is 13.2 Å². The Morgan fingerprint density at radius 3 is 1.97 bits per heavy atom. The van der Waals surface area contributed by atoms with E-state index in [0.717, 1.165) is 12.1 Å². The molecular weight excluding hydrogens is 405 g/mol. The van der Waals surface area contributed by atoms with Crippen LogP contribution in [0.25, 0.3) is 0 Å². The second kappa shape index (κ2) is 10.4. The summed E-state index contributed by atoms with van der Waals surface area (Å²) in [7, 11) is 1.20. The molecular formula is C20H21F3N2O5. The van der Waals surface area contributed by atoms with Crippen molar-refractivity contribution in [1.29, 1.82) is 0 Å². The number of methoxy groups -OCH3 is 1. The number of alkyl halides is 3. The Labute approximate surface area is 170 Å². The van der Waals surface area contributed by atoms with E-state index in [1.807, 2.05) is 0 Å². The lowest BCUT2D eigenvalue weighted by molar-refractivity contribution is -0.146. The Bertz CT molecular complexity index is 853. The fourth-order valence-corrected chi connectivity index (χ4v) is 2.47. The summed E-state index contributed by atoms with van der Waals surface area (Å²) in [5.41, 5.74) is -1.12. The molecule has 0 spiro atoms. The molecule has 162 valence electrons. The van der Waals surface area contributed by atoms with Crippen molar-refractivity contribution in [2.24, 2.45) is 0 Å². The van der Waals surface area contributed by atoms with Gasteiger partial charge in [0.25, 0.3) is 6.47 Å². The Morgan fingerprint density at radius 1 is 1.07 bits per heavy atom. The largest absolute Gasteiger partial charge is 0.483 e. The van der Waals surface area contributed by atoms with Gasteiger partial charge in [0.15, 0.2) is 6.04 Å². The van der Waals surface area contributed by atoms with Gasteiger partial charge in [-0.3, -0.25) is 14.6 Å². The van der Waals surface area contributed by atoms with Crippen LogP contribution in [0.3, 0.4) is 0 Å². The number of amides is 1. The predicted octanol–water partition coefficient (Wildman–Crippen LogP) is 3.11. The number of carboxylic acid groups (broad SMARTS) is 1. The highest BCUT2D eigenvalue weighted by Crippen LogP contribution is 2.32. The number of carbonyl (C=O) groups is 3. The van der Waals surface area contributed by atoms with Crippen LogP contribution < -0.4 is 5.32 Å². The number of pyridine rings is 1. The van der Waals surface area contributed by atoms with Crippen LogP contribution in [0, 0.1) is 0 Å². The first-order valence-electron chi connectivity index (χ1n) is 8.53. The fraction of sp³-hybridized carbons (Fsp3) is 0.300. The maximum atomic E-state index is 12.8. The van der Waals surface area contributed by atoms with E-state index in [2.05, 4.69) is 10.3 Å². The Kier molecular flexibility index (Phi) is 8.51. The number of carbonyl (C=O) groups excluding carboxylic acids is 2. The van der Waals surface area contributed by atoms with E-state index < -0.39 is 35.1 Å². The summed E-state index contributed by atoms with van der Waals surface area (Å²) in [4.78, 5) is 37.1. The summed E-state index contributed by atoms with van der Waals surface area (Å²) in [6.45, 7) is 2.87. The van der Waals surface area contributed by atoms with E-state index >= 15 is 0 Å². The number of aromatic nitrogens is 1. The van der Waals surface area contributed by atoms with Gasteiger partial charge in [-0.15, -0.1) is 0 Å². The van der Waals surface area contributed by atoms with Crippen LogP contribution in [0.1, 0.15) is 36.6 Å². The summed E-state index contributed by atoms with van der Waals surface area (Å²) in [5.74, 6) is -1.20. The van der Waals surface area contributed by atoms with Crippen molar-refractivity contribution in [3.05, 3.63) is 65.5 Å². The number of rotatable bonds is 5. The van der Waals surface area contributed by atoms with Crippen molar-refractivity contribution in [2.75, 3.05) is 7.11 Å². The zero-order valence-corrected chi connectivity index (χ0v) is 16.4. The van der Waals surface area contributed by atoms with Crippen molar-refractivity contribution in [2.45, 2.75) is 31.5 Å².